The first kappa shape index (κ1) is 9.00. The van der Waals surface area contributed by atoms with Crippen LogP contribution in [0.3, 0.4) is 0 Å². The molecule has 0 bridgehead atoms. The zero-order chi connectivity index (χ0) is 9.26. The van der Waals surface area contributed by atoms with E-state index in [-0.39, 0.29) is 5.91 Å². The Balaban J connectivity index is 1.82. The predicted octanol–water partition coefficient (Wildman–Crippen LogP) is 1.19. The molecule has 3 heteroatoms. The largest absolute Gasteiger partial charge is 0.294 e. The van der Waals surface area contributed by atoms with Crippen LogP contribution in [0.5, 0.6) is 0 Å². The number of hydrazine groups is 1. The van der Waals surface area contributed by atoms with E-state index in [9.17, 15) is 4.79 Å². The fourth-order valence-corrected chi connectivity index (χ4v) is 3.17. The van der Waals surface area contributed by atoms with Gasteiger partial charge in [-0.2, -0.15) is 0 Å². The number of hydrogen-bond donors (Lipinski definition) is 2. The molecule has 0 saturated heterocycles. The lowest BCUT2D eigenvalue weighted by molar-refractivity contribution is -0.122. The van der Waals surface area contributed by atoms with E-state index in [0.717, 1.165) is 11.8 Å². The molecule has 0 heterocycles. The van der Waals surface area contributed by atoms with E-state index < -0.39 is 0 Å². The van der Waals surface area contributed by atoms with E-state index in [2.05, 4.69) is 5.43 Å². The molecule has 0 aromatic rings. The molecule has 74 valence electrons. The van der Waals surface area contributed by atoms with Gasteiger partial charge in [0, 0.05) is 6.42 Å². The Kier molecular flexibility index (Phi) is 2.54. The van der Waals surface area contributed by atoms with Crippen molar-refractivity contribution in [1.82, 2.24) is 5.43 Å². The highest BCUT2D eigenvalue weighted by Gasteiger charge is 2.37. The van der Waals surface area contributed by atoms with E-state index in [1.165, 1.54) is 32.1 Å². The van der Waals surface area contributed by atoms with Crippen LogP contribution in [-0.2, 0) is 4.79 Å². The van der Waals surface area contributed by atoms with Crippen molar-refractivity contribution in [2.24, 2.45) is 23.6 Å². The van der Waals surface area contributed by atoms with E-state index in [1.807, 2.05) is 0 Å². The van der Waals surface area contributed by atoms with Gasteiger partial charge in [-0.3, -0.25) is 10.2 Å². The minimum atomic E-state index is 0.00461. The lowest BCUT2D eigenvalue weighted by Crippen LogP contribution is -2.31. The summed E-state index contributed by atoms with van der Waals surface area (Å²) in [5.41, 5.74) is 2.22. The van der Waals surface area contributed by atoms with Gasteiger partial charge in [0.05, 0.1) is 0 Å². The molecular weight excluding hydrogens is 164 g/mol. The third-order valence-corrected chi connectivity index (χ3v) is 3.72. The number of nitrogens with one attached hydrogen (secondary N) is 1. The van der Waals surface area contributed by atoms with Gasteiger partial charge in [-0.1, -0.05) is 19.3 Å². The highest BCUT2D eigenvalue weighted by atomic mass is 16.2. The van der Waals surface area contributed by atoms with Crippen molar-refractivity contribution in [1.29, 1.82) is 0 Å². The molecule has 1 unspecified atom stereocenters. The van der Waals surface area contributed by atoms with Gasteiger partial charge in [0.25, 0.3) is 0 Å². The van der Waals surface area contributed by atoms with Gasteiger partial charge in [-0.05, 0) is 30.6 Å². The number of nitrogens with two attached hydrogens (primary N) is 1. The molecule has 0 aliphatic heterocycles. The highest BCUT2D eigenvalue weighted by Crippen LogP contribution is 2.47. The van der Waals surface area contributed by atoms with E-state index >= 15 is 0 Å². The smallest absolute Gasteiger partial charge is 0.234 e. The average molecular weight is 182 g/mol. The topological polar surface area (TPSA) is 55.1 Å². The summed E-state index contributed by atoms with van der Waals surface area (Å²) < 4.78 is 0. The summed E-state index contributed by atoms with van der Waals surface area (Å²) >= 11 is 0. The molecule has 3 nitrogen and oxygen atoms in total. The molecule has 13 heavy (non-hydrogen) atoms. The van der Waals surface area contributed by atoms with Crippen molar-refractivity contribution in [2.45, 2.75) is 38.5 Å². The number of rotatable bonds is 2. The Morgan fingerprint density at radius 1 is 1.31 bits per heavy atom. The van der Waals surface area contributed by atoms with Crippen molar-refractivity contribution in [3.05, 3.63) is 0 Å². The summed E-state index contributed by atoms with van der Waals surface area (Å²) in [7, 11) is 0. The van der Waals surface area contributed by atoms with Crippen LogP contribution in [0.15, 0.2) is 0 Å². The van der Waals surface area contributed by atoms with E-state index in [1.54, 1.807) is 0 Å². The number of fused-ring (bicyclic) bond motifs is 1. The third kappa shape index (κ3) is 1.85. The van der Waals surface area contributed by atoms with Gasteiger partial charge in [-0.15, -0.1) is 0 Å². The monoisotopic (exact) mass is 182 g/mol. The second-order valence-electron chi connectivity index (χ2n) is 4.56. The molecule has 2 aliphatic carbocycles. The van der Waals surface area contributed by atoms with Gasteiger partial charge in [0.2, 0.25) is 5.91 Å². The molecule has 1 amide bonds. The van der Waals surface area contributed by atoms with Gasteiger partial charge in [0.1, 0.15) is 0 Å². The summed E-state index contributed by atoms with van der Waals surface area (Å²) in [6.45, 7) is 0. The third-order valence-electron chi connectivity index (χ3n) is 3.72. The molecular formula is C10H18N2O. The first-order valence-corrected chi connectivity index (χ1v) is 5.29. The van der Waals surface area contributed by atoms with Crippen LogP contribution in [0.1, 0.15) is 38.5 Å². The van der Waals surface area contributed by atoms with Crippen LogP contribution in [-0.4, -0.2) is 5.91 Å². The van der Waals surface area contributed by atoms with Crippen LogP contribution in [0.4, 0.5) is 0 Å². The zero-order valence-electron chi connectivity index (χ0n) is 7.96. The van der Waals surface area contributed by atoms with Crippen molar-refractivity contribution < 1.29 is 4.79 Å². The van der Waals surface area contributed by atoms with Crippen LogP contribution in [0, 0.1) is 17.8 Å². The maximum Gasteiger partial charge on any atom is 0.234 e. The standard InChI is InChI=1S/C10H18N2O/c11-12-10(13)6-7-4-8-2-1-3-9(8)5-7/h7-9H,1-6,11H2,(H,12,13)/t7?,8-,9+. The predicted molar refractivity (Wildman–Crippen MR) is 50.5 cm³/mol. The number of hydrogen-bond acceptors (Lipinski definition) is 2. The van der Waals surface area contributed by atoms with Crippen LogP contribution in [0.2, 0.25) is 0 Å². The van der Waals surface area contributed by atoms with Crippen molar-refractivity contribution in [3.63, 3.8) is 0 Å². The Bertz CT molecular complexity index is 193. The lowest BCUT2D eigenvalue weighted by Gasteiger charge is -2.08. The quantitative estimate of drug-likeness (QED) is 0.383. The highest BCUT2D eigenvalue weighted by molar-refractivity contribution is 5.75. The molecule has 0 spiro atoms. The van der Waals surface area contributed by atoms with E-state index in [0.29, 0.717) is 12.3 Å². The number of carbonyl (C=O) groups excluding carboxylic acids is 1. The normalized spacial score (nSPS) is 37.5. The summed E-state index contributed by atoms with van der Waals surface area (Å²) in [6.07, 6.45) is 7.36. The fourth-order valence-electron chi connectivity index (χ4n) is 3.17. The summed E-state index contributed by atoms with van der Waals surface area (Å²) in [4.78, 5) is 11.1. The fraction of sp³-hybridized carbons (Fsp3) is 0.900. The van der Waals surface area contributed by atoms with Gasteiger partial charge in [-0.25, -0.2) is 5.84 Å². The molecule has 3 atom stereocenters. The Morgan fingerprint density at radius 3 is 2.46 bits per heavy atom. The molecule has 2 aliphatic rings. The van der Waals surface area contributed by atoms with Crippen molar-refractivity contribution in [2.75, 3.05) is 0 Å². The second kappa shape index (κ2) is 3.66. The van der Waals surface area contributed by atoms with Crippen LogP contribution < -0.4 is 11.3 Å². The van der Waals surface area contributed by atoms with Crippen LogP contribution in [0.25, 0.3) is 0 Å². The molecule has 0 aromatic heterocycles. The zero-order valence-corrected chi connectivity index (χ0v) is 7.96. The first-order chi connectivity index (χ1) is 6.29. The van der Waals surface area contributed by atoms with Gasteiger partial charge >= 0.3 is 0 Å². The van der Waals surface area contributed by atoms with Crippen molar-refractivity contribution in [3.8, 4) is 0 Å². The molecule has 2 fully saturated rings. The van der Waals surface area contributed by atoms with Crippen molar-refractivity contribution >= 4 is 5.91 Å². The average Bonchev–Trinajstić information content (AvgIpc) is 2.63. The van der Waals surface area contributed by atoms with Gasteiger partial charge < -0.3 is 0 Å². The first-order valence-electron chi connectivity index (χ1n) is 5.29. The summed E-state index contributed by atoms with van der Waals surface area (Å²) in [6, 6.07) is 0. The molecule has 2 rings (SSSR count). The summed E-state index contributed by atoms with van der Waals surface area (Å²) in [5, 5.41) is 0. The molecule has 3 N–H and O–H groups in total. The van der Waals surface area contributed by atoms with E-state index in [4.69, 9.17) is 5.84 Å². The maximum atomic E-state index is 11.1. The Labute approximate surface area is 79.0 Å². The second-order valence-corrected chi connectivity index (χ2v) is 4.56. The maximum absolute atomic E-state index is 11.1. The summed E-state index contributed by atoms with van der Waals surface area (Å²) in [5.74, 6) is 7.53. The molecule has 0 aromatic carbocycles. The Morgan fingerprint density at radius 2 is 1.92 bits per heavy atom. The van der Waals surface area contributed by atoms with Gasteiger partial charge in [0.15, 0.2) is 0 Å². The minimum Gasteiger partial charge on any atom is -0.294 e. The molecule has 2 saturated carbocycles. The van der Waals surface area contributed by atoms with Crippen LogP contribution >= 0.6 is 0 Å². The lowest BCUT2D eigenvalue weighted by atomic mass is 10.00. The SMILES string of the molecule is NNC(=O)CC1C[C@H]2CCC[C@H]2C1. The Hall–Kier alpha value is -0.570. The minimum absolute atomic E-state index is 0.00461. The molecule has 0 radical (unpaired) electrons. The number of carbonyl (C=O) groups is 1. The number of amides is 1.